The third kappa shape index (κ3) is 4.45. The number of halogens is 3. The number of benzene rings is 2. The fourth-order valence-corrected chi connectivity index (χ4v) is 3.89. The summed E-state index contributed by atoms with van der Waals surface area (Å²) in [7, 11) is -2.99. The number of hydrogen-bond donors (Lipinski definition) is 0. The Hall–Kier alpha value is -2.46. The lowest BCUT2D eigenvalue weighted by atomic mass is 10.2. The molecular formula is C17H16F3NO5S. The zero-order chi connectivity index (χ0) is 19.7. The highest BCUT2D eigenvalue weighted by atomic mass is 32.2. The predicted molar refractivity (Wildman–Crippen MR) is 89.3 cm³/mol. The van der Waals surface area contributed by atoms with Crippen molar-refractivity contribution < 1.29 is 35.8 Å². The molecule has 0 N–H and O–H groups in total. The first-order valence-corrected chi connectivity index (χ1v) is 9.30. The van der Waals surface area contributed by atoms with Crippen LogP contribution in [0.2, 0.25) is 0 Å². The van der Waals surface area contributed by atoms with E-state index in [-0.39, 0.29) is 13.2 Å². The maximum atomic E-state index is 12.7. The Morgan fingerprint density at radius 3 is 2.44 bits per heavy atom. The van der Waals surface area contributed by atoms with Crippen LogP contribution in [-0.2, 0) is 10.0 Å². The number of alkyl halides is 3. The average molecular weight is 403 g/mol. The van der Waals surface area contributed by atoms with Crippen molar-refractivity contribution in [3.63, 3.8) is 0 Å². The van der Waals surface area contributed by atoms with Gasteiger partial charge in [-0.1, -0.05) is 24.3 Å². The van der Waals surface area contributed by atoms with E-state index in [2.05, 4.69) is 4.74 Å². The zero-order valence-electron chi connectivity index (χ0n) is 14.1. The molecule has 6 nitrogen and oxygen atoms in total. The van der Waals surface area contributed by atoms with Gasteiger partial charge in [-0.2, -0.15) is 4.31 Å². The molecule has 0 amide bonds. The molecule has 0 spiro atoms. The van der Waals surface area contributed by atoms with Crippen LogP contribution >= 0.6 is 0 Å². The van der Waals surface area contributed by atoms with Crippen LogP contribution in [-0.4, -0.2) is 45.4 Å². The normalized spacial score (nSPS) is 17.0. The Balaban J connectivity index is 1.78. The minimum atomic E-state index is -5.01. The molecule has 0 radical (unpaired) electrons. The van der Waals surface area contributed by atoms with Gasteiger partial charge in [0.2, 0.25) is 10.0 Å². The highest BCUT2D eigenvalue weighted by molar-refractivity contribution is 7.89. The summed E-state index contributed by atoms with van der Waals surface area (Å²) in [6.45, 7) is -0.00537. The van der Waals surface area contributed by atoms with Gasteiger partial charge in [-0.05, 0) is 24.3 Å². The summed E-state index contributed by atoms with van der Waals surface area (Å²) in [5.41, 5.74) is 0. The molecule has 1 unspecified atom stereocenters. The summed E-state index contributed by atoms with van der Waals surface area (Å²) in [6.07, 6.45) is -5.62. The molecule has 1 heterocycles. The van der Waals surface area contributed by atoms with Crippen LogP contribution in [0.25, 0.3) is 0 Å². The number of para-hydroxylation sites is 3. The summed E-state index contributed by atoms with van der Waals surface area (Å²) in [4.78, 5) is -0.582. The maximum Gasteiger partial charge on any atom is 0.573 e. The number of likely N-dealkylation sites (N-methyl/N-ethyl adjacent to an activating group) is 1. The first kappa shape index (κ1) is 19.3. The fraction of sp³-hybridized carbons (Fsp3) is 0.294. The number of sulfonamides is 1. The summed E-state index contributed by atoms with van der Waals surface area (Å²) < 4.78 is 79.1. The van der Waals surface area contributed by atoms with Gasteiger partial charge in [-0.15, -0.1) is 13.2 Å². The van der Waals surface area contributed by atoms with Crippen molar-refractivity contribution in [2.24, 2.45) is 0 Å². The van der Waals surface area contributed by atoms with Crippen molar-refractivity contribution in [3.8, 4) is 17.2 Å². The van der Waals surface area contributed by atoms with Crippen molar-refractivity contribution in [2.75, 3.05) is 20.2 Å². The minimum absolute atomic E-state index is 0.109. The molecule has 1 atom stereocenters. The lowest BCUT2D eigenvalue weighted by molar-refractivity contribution is -0.275. The topological polar surface area (TPSA) is 65.1 Å². The number of fused-ring (bicyclic) bond motifs is 1. The molecule has 0 aromatic heterocycles. The van der Waals surface area contributed by atoms with E-state index in [1.54, 1.807) is 24.3 Å². The number of nitrogens with zero attached hydrogens (tertiary/aromatic N) is 1. The molecule has 27 heavy (non-hydrogen) atoms. The largest absolute Gasteiger partial charge is 0.573 e. The van der Waals surface area contributed by atoms with E-state index in [1.807, 2.05) is 0 Å². The predicted octanol–water partition coefficient (Wildman–Crippen LogP) is 3.05. The number of ether oxygens (including phenoxy) is 3. The monoisotopic (exact) mass is 403 g/mol. The smallest absolute Gasteiger partial charge is 0.486 e. The van der Waals surface area contributed by atoms with Crippen LogP contribution < -0.4 is 14.2 Å². The molecule has 0 fully saturated rings. The second-order valence-electron chi connectivity index (χ2n) is 5.78. The third-order valence-corrected chi connectivity index (χ3v) is 5.65. The standard InChI is InChI=1S/C17H16F3NO5S/c1-21(10-12-11-24-13-6-2-3-7-14(13)25-12)27(22,23)16-9-5-4-8-15(16)26-17(18,19)20/h2-9,12H,10-11H2,1H3. The lowest BCUT2D eigenvalue weighted by Gasteiger charge is -2.29. The summed E-state index contributed by atoms with van der Waals surface area (Å²) >= 11 is 0. The molecule has 2 aromatic rings. The van der Waals surface area contributed by atoms with Gasteiger partial charge >= 0.3 is 6.36 Å². The van der Waals surface area contributed by atoms with Gasteiger partial charge in [-0.25, -0.2) is 8.42 Å². The molecule has 146 valence electrons. The summed E-state index contributed by atoms with van der Waals surface area (Å²) in [5.74, 6) is 0.228. The van der Waals surface area contributed by atoms with Crippen LogP contribution in [0.5, 0.6) is 17.2 Å². The Morgan fingerprint density at radius 1 is 1.11 bits per heavy atom. The molecule has 10 heteroatoms. The third-order valence-electron chi connectivity index (χ3n) is 3.79. The van der Waals surface area contributed by atoms with E-state index in [9.17, 15) is 21.6 Å². The van der Waals surface area contributed by atoms with Gasteiger partial charge in [0.05, 0.1) is 6.54 Å². The summed E-state index contributed by atoms with van der Waals surface area (Å²) in [6, 6.07) is 11.5. The number of rotatable bonds is 5. The number of hydrogen-bond acceptors (Lipinski definition) is 5. The van der Waals surface area contributed by atoms with E-state index in [0.717, 1.165) is 16.4 Å². The van der Waals surface area contributed by atoms with Gasteiger partial charge < -0.3 is 14.2 Å². The van der Waals surface area contributed by atoms with Crippen LogP contribution in [0.4, 0.5) is 13.2 Å². The van der Waals surface area contributed by atoms with Gasteiger partial charge in [-0.3, -0.25) is 0 Å². The molecule has 3 rings (SSSR count). The van der Waals surface area contributed by atoms with Gasteiger partial charge in [0.15, 0.2) is 11.5 Å². The molecule has 0 bridgehead atoms. The molecule has 1 aliphatic heterocycles. The van der Waals surface area contributed by atoms with E-state index >= 15 is 0 Å². The van der Waals surface area contributed by atoms with Gasteiger partial charge in [0, 0.05) is 7.05 Å². The fourth-order valence-electron chi connectivity index (χ4n) is 2.58. The Labute approximate surface area is 154 Å². The van der Waals surface area contributed by atoms with Crippen LogP contribution in [0, 0.1) is 0 Å². The quantitative estimate of drug-likeness (QED) is 0.768. The Bertz CT molecular complexity index is 917. The van der Waals surface area contributed by atoms with Crippen molar-refractivity contribution in [1.29, 1.82) is 0 Å². The Kier molecular flexibility index (Phi) is 5.20. The Morgan fingerprint density at radius 2 is 1.74 bits per heavy atom. The summed E-state index contributed by atoms with van der Waals surface area (Å²) in [5, 5.41) is 0. The molecule has 2 aromatic carbocycles. The SMILES string of the molecule is CN(CC1COc2ccccc2O1)S(=O)(=O)c1ccccc1OC(F)(F)F. The second-order valence-corrected chi connectivity index (χ2v) is 7.79. The first-order valence-electron chi connectivity index (χ1n) is 7.86. The maximum absolute atomic E-state index is 12.7. The van der Waals surface area contributed by atoms with Crippen LogP contribution in [0.3, 0.4) is 0 Å². The van der Waals surface area contributed by atoms with Crippen molar-refractivity contribution in [3.05, 3.63) is 48.5 Å². The highest BCUT2D eigenvalue weighted by Crippen LogP contribution is 2.33. The van der Waals surface area contributed by atoms with E-state index in [0.29, 0.717) is 11.5 Å². The van der Waals surface area contributed by atoms with Gasteiger partial charge in [0.25, 0.3) is 0 Å². The van der Waals surface area contributed by atoms with Crippen molar-refractivity contribution in [1.82, 2.24) is 4.31 Å². The van der Waals surface area contributed by atoms with Crippen molar-refractivity contribution in [2.45, 2.75) is 17.4 Å². The van der Waals surface area contributed by atoms with Crippen LogP contribution in [0.15, 0.2) is 53.4 Å². The zero-order valence-corrected chi connectivity index (χ0v) is 15.0. The molecule has 0 aliphatic carbocycles. The highest BCUT2D eigenvalue weighted by Gasteiger charge is 2.35. The van der Waals surface area contributed by atoms with Crippen LogP contribution in [0.1, 0.15) is 0 Å². The van der Waals surface area contributed by atoms with E-state index in [4.69, 9.17) is 9.47 Å². The first-order chi connectivity index (χ1) is 12.7. The average Bonchev–Trinajstić information content (AvgIpc) is 2.60. The van der Waals surface area contributed by atoms with Crippen molar-refractivity contribution >= 4 is 10.0 Å². The molecule has 0 saturated heterocycles. The minimum Gasteiger partial charge on any atom is -0.486 e. The van der Waals surface area contributed by atoms with E-state index < -0.39 is 33.1 Å². The lowest BCUT2D eigenvalue weighted by Crippen LogP contribution is -2.41. The van der Waals surface area contributed by atoms with E-state index in [1.165, 1.54) is 19.2 Å². The van der Waals surface area contributed by atoms with Gasteiger partial charge in [0.1, 0.15) is 23.4 Å². The molecule has 0 saturated carbocycles. The molecular weight excluding hydrogens is 387 g/mol. The molecule has 1 aliphatic rings. The second kappa shape index (κ2) is 7.28.